The zero-order valence-electron chi connectivity index (χ0n) is 23.6. The van der Waals surface area contributed by atoms with Crippen molar-refractivity contribution in [3.8, 4) is 11.6 Å². The molecule has 43 heavy (non-hydrogen) atoms. The molecule has 1 fully saturated rings. The molecule has 0 spiro atoms. The van der Waals surface area contributed by atoms with Gasteiger partial charge in [-0.15, -0.1) is 0 Å². The van der Waals surface area contributed by atoms with Gasteiger partial charge in [-0.2, -0.15) is 0 Å². The van der Waals surface area contributed by atoms with E-state index in [1.54, 1.807) is 0 Å². The quantitative estimate of drug-likeness (QED) is 0.157. The summed E-state index contributed by atoms with van der Waals surface area (Å²) in [5, 5.41) is 4.72. The zero-order chi connectivity index (χ0) is 28.5. The minimum Gasteiger partial charge on any atom is -0.461 e. The standard InChI is InChI=1S/C38H29N3O2/c42-38(31-20-24-17-18-26(31)19-24)43-23-25-21-36(40-32-13-5-1-9-27(32)28-10-2-6-14-33(28)40)39-37(22-25)41-34-15-7-3-11-29(34)30-12-4-8-16-35(30)41/h1-18,21-22,24,26,31H,19-20,23H2. The van der Waals surface area contributed by atoms with Crippen LogP contribution in [-0.2, 0) is 16.1 Å². The maximum absolute atomic E-state index is 13.3. The Labute approximate surface area is 248 Å². The third kappa shape index (κ3) is 3.77. The molecule has 3 heterocycles. The van der Waals surface area contributed by atoms with Crippen molar-refractivity contribution in [2.45, 2.75) is 19.4 Å². The number of para-hydroxylation sites is 4. The van der Waals surface area contributed by atoms with E-state index in [1.807, 2.05) is 0 Å². The fourth-order valence-corrected chi connectivity index (χ4v) is 7.52. The van der Waals surface area contributed by atoms with Gasteiger partial charge in [0, 0.05) is 21.5 Å². The van der Waals surface area contributed by atoms with Gasteiger partial charge in [-0.3, -0.25) is 13.9 Å². The van der Waals surface area contributed by atoms with Gasteiger partial charge in [0.25, 0.3) is 0 Å². The van der Waals surface area contributed by atoms with Crippen LogP contribution in [0.5, 0.6) is 0 Å². The molecule has 1 saturated carbocycles. The van der Waals surface area contributed by atoms with Crippen LogP contribution >= 0.6 is 0 Å². The molecule has 0 saturated heterocycles. The second kappa shape index (κ2) is 9.43. The first-order chi connectivity index (χ1) is 21.2. The van der Waals surface area contributed by atoms with E-state index in [2.05, 4.69) is 130 Å². The van der Waals surface area contributed by atoms with Crippen molar-refractivity contribution >= 4 is 49.6 Å². The van der Waals surface area contributed by atoms with Gasteiger partial charge in [-0.25, -0.2) is 4.98 Å². The number of ether oxygens (including phenoxy) is 1. The lowest BCUT2D eigenvalue weighted by Gasteiger charge is -2.18. The van der Waals surface area contributed by atoms with Crippen molar-refractivity contribution in [1.82, 2.24) is 14.1 Å². The van der Waals surface area contributed by atoms with Crippen molar-refractivity contribution in [2.24, 2.45) is 17.8 Å². The monoisotopic (exact) mass is 559 g/mol. The van der Waals surface area contributed by atoms with Gasteiger partial charge < -0.3 is 4.74 Å². The highest BCUT2D eigenvalue weighted by Gasteiger charge is 2.40. The fraction of sp³-hybridized carbons (Fsp3) is 0.158. The van der Waals surface area contributed by atoms with E-state index >= 15 is 0 Å². The minimum absolute atomic E-state index is 0.0366. The Morgan fingerprint density at radius 3 is 1.53 bits per heavy atom. The first-order valence-corrected chi connectivity index (χ1v) is 15.1. The van der Waals surface area contributed by atoms with Crippen molar-refractivity contribution in [1.29, 1.82) is 0 Å². The molecule has 9 rings (SSSR count). The molecule has 0 N–H and O–H groups in total. The first kappa shape index (κ1) is 24.4. The lowest BCUT2D eigenvalue weighted by Crippen LogP contribution is -2.21. The Balaban J connectivity index is 1.24. The molecule has 2 aliphatic carbocycles. The predicted molar refractivity (Wildman–Crippen MR) is 172 cm³/mol. The highest BCUT2D eigenvalue weighted by Crippen LogP contribution is 2.44. The number of hydrogen-bond acceptors (Lipinski definition) is 3. The van der Waals surface area contributed by atoms with Crippen LogP contribution in [0.4, 0.5) is 0 Å². The molecule has 3 atom stereocenters. The molecule has 5 heteroatoms. The highest BCUT2D eigenvalue weighted by molar-refractivity contribution is 6.10. The molecule has 3 aromatic heterocycles. The summed E-state index contributed by atoms with van der Waals surface area (Å²) in [7, 11) is 0. The van der Waals surface area contributed by atoms with E-state index in [9.17, 15) is 4.79 Å². The largest absolute Gasteiger partial charge is 0.461 e. The van der Waals surface area contributed by atoms with E-state index in [0.29, 0.717) is 11.8 Å². The number of allylic oxidation sites excluding steroid dienone is 2. The number of rotatable bonds is 5. The number of nitrogens with zero attached hydrogens (tertiary/aromatic N) is 3. The van der Waals surface area contributed by atoms with E-state index in [-0.39, 0.29) is 18.5 Å². The number of carbonyl (C=O) groups excluding carboxylic acids is 1. The first-order valence-electron chi connectivity index (χ1n) is 15.1. The Morgan fingerprint density at radius 1 is 0.651 bits per heavy atom. The maximum atomic E-state index is 13.3. The number of pyridine rings is 1. The summed E-state index contributed by atoms with van der Waals surface area (Å²) in [5.74, 6) is 2.30. The van der Waals surface area contributed by atoms with Gasteiger partial charge in [0.1, 0.15) is 18.2 Å². The second-order valence-electron chi connectivity index (χ2n) is 11.9. The lowest BCUT2D eigenvalue weighted by molar-refractivity contribution is -0.150. The van der Waals surface area contributed by atoms with Crippen LogP contribution in [0.3, 0.4) is 0 Å². The molecule has 2 aliphatic rings. The van der Waals surface area contributed by atoms with Crippen molar-refractivity contribution in [3.63, 3.8) is 0 Å². The van der Waals surface area contributed by atoms with Crippen LogP contribution in [0, 0.1) is 17.8 Å². The number of hydrogen-bond donors (Lipinski definition) is 0. The summed E-state index contributed by atoms with van der Waals surface area (Å²) in [6.45, 7) is 0.202. The summed E-state index contributed by atoms with van der Waals surface area (Å²) >= 11 is 0. The summed E-state index contributed by atoms with van der Waals surface area (Å²) in [6, 6.07) is 38.0. The van der Waals surface area contributed by atoms with Crippen molar-refractivity contribution in [3.05, 3.63) is 127 Å². The van der Waals surface area contributed by atoms with Crippen LogP contribution in [0.1, 0.15) is 18.4 Å². The SMILES string of the molecule is O=C(OCc1cc(-n2c3ccccc3c3ccccc32)nc(-n2c3ccccc3c3ccccc32)c1)C1CC2C=CC1C2. The third-order valence-electron chi connectivity index (χ3n) is 9.44. The number of benzene rings is 4. The molecule has 4 aromatic carbocycles. The average molecular weight is 560 g/mol. The molecule has 208 valence electrons. The molecule has 0 radical (unpaired) electrons. The summed E-state index contributed by atoms with van der Waals surface area (Å²) < 4.78 is 10.5. The van der Waals surface area contributed by atoms with Crippen LogP contribution in [0.25, 0.3) is 55.2 Å². The van der Waals surface area contributed by atoms with E-state index in [1.165, 1.54) is 21.5 Å². The summed E-state index contributed by atoms with van der Waals surface area (Å²) in [6.07, 6.45) is 6.43. The average Bonchev–Trinajstić information content (AvgIpc) is 3.84. The molecular formula is C38H29N3O2. The van der Waals surface area contributed by atoms with E-state index in [4.69, 9.17) is 9.72 Å². The molecular weight excluding hydrogens is 530 g/mol. The fourth-order valence-electron chi connectivity index (χ4n) is 7.52. The Morgan fingerprint density at radius 2 is 1.12 bits per heavy atom. The van der Waals surface area contributed by atoms with Crippen LogP contribution in [0.15, 0.2) is 121 Å². The maximum Gasteiger partial charge on any atom is 0.309 e. The number of carbonyl (C=O) groups is 1. The second-order valence-corrected chi connectivity index (χ2v) is 11.9. The van der Waals surface area contributed by atoms with Gasteiger partial charge in [-0.05, 0) is 66.6 Å². The Hall–Kier alpha value is -5.16. The van der Waals surface area contributed by atoms with E-state index in [0.717, 1.165) is 52.1 Å². The van der Waals surface area contributed by atoms with Gasteiger partial charge in [0.15, 0.2) is 0 Å². The van der Waals surface area contributed by atoms with Crippen LogP contribution < -0.4 is 0 Å². The molecule has 0 aliphatic heterocycles. The van der Waals surface area contributed by atoms with Gasteiger partial charge in [0.05, 0.1) is 28.0 Å². The van der Waals surface area contributed by atoms with Crippen molar-refractivity contribution in [2.75, 3.05) is 0 Å². The van der Waals surface area contributed by atoms with Gasteiger partial charge in [0.2, 0.25) is 0 Å². The number of esters is 1. The Kier molecular flexibility index (Phi) is 5.36. The topological polar surface area (TPSA) is 49.1 Å². The molecule has 3 unspecified atom stereocenters. The summed E-state index contributed by atoms with van der Waals surface area (Å²) in [5.41, 5.74) is 5.27. The molecule has 7 aromatic rings. The van der Waals surface area contributed by atoms with Gasteiger partial charge in [-0.1, -0.05) is 84.9 Å². The van der Waals surface area contributed by atoms with Crippen LogP contribution in [0.2, 0.25) is 0 Å². The van der Waals surface area contributed by atoms with Gasteiger partial charge >= 0.3 is 5.97 Å². The highest BCUT2D eigenvalue weighted by atomic mass is 16.5. The molecule has 2 bridgehead atoms. The molecule has 5 nitrogen and oxygen atoms in total. The van der Waals surface area contributed by atoms with Crippen molar-refractivity contribution < 1.29 is 9.53 Å². The number of fused-ring (bicyclic) bond motifs is 8. The van der Waals surface area contributed by atoms with E-state index < -0.39 is 0 Å². The zero-order valence-corrected chi connectivity index (χ0v) is 23.6. The third-order valence-corrected chi connectivity index (χ3v) is 9.44. The normalized spacial score (nSPS) is 19.3. The number of aromatic nitrogens is 3. The Bertz CT molecular complexity index is 2020. The lowest BCUT2D eigenvalue weighted by atomic mass is 9.94. The summed E-state index contributed by atoms with van der Waals surface area (Å²) in [4.78, 5) is 18.6. The minimum atomic E-state index is -0.0921. The smallest absolute Gasteiger partial charge is 0.309 e. The molecule has 0 amide bonds. The van der Waals surface area contributed by atoms with Crippen LogP contribution in [-0.4, -0.2) is 20.1 Å². The predicted octanol–water partition coefficient (Wildman–Crippen LogP) is 8.53.